The molecular formula is C6H7N5O. The van der Waals surface area contributed by atoms with Gasteiger partial charge in [-0.2, -0.15) is 9.97 Å². The second-order valence-electron chi connectivity index (χ2n) is 2.44. The number of nitrogens with two attached hydrogens (primary N) is 1. The van der Waals surface area contributed by atoms with E-state index in [-0.39, 0.29) is 5.95 Å². The van der Waals surface area contributed by atoms with Crippen molar-refractivity contribution in [1.82, 2.24) is 18.9 Å². The molecule has 2 heterocycles. The zero-order valence-electron chi connectivity index (χ0n) is 6.43. The van der Waals surface area contributed by atoms with E-state index in [4.69, 9.17) is 5.73 Å². The summed E-state index contributed by atoms with van der Waals surface area (Å²) in [6.07, 6.45) is 3.31. The Morgan fingerprint density at radius 1 is 1.42 bits per heavy atom. The lowest BCUT2D eigenvalue weighted by Crippen LogP contribution is -2.19. The van der Waals surface area contributed by atoms with Crippen LogP contribution in [0.2, 0.25) is 0 Å². The number of fused-ring (bicyclic) bond motifs is 1. The van der Waals surface area contributed by atoms with Crippen LogP contribution in [0.25, 0.3) is 5.78 Å². The van der Waals surface area contributed by atoms with E-state index in [1.165, 1.54) is 4.40 Å². The molecule has 2 rings (SSSR count). The molecule has 6 nitrogen and oxygen atoms in total. The lowest BCUT2D eigenvalue weighted by atomic mass is 10.9. The molecule has 0 radical (unpaired) electrons. The fourth-order valence-electron chi connectivity index (χ4n) is 1.03. The SMILES string of the molecule is Cn1ccn2c(=O)nc(N)nc12. The molecule has 62 valence electrons. The van der Waals surface area contributed by atoms with Crippen LogP contribution in [0.5, 0.6) is 0 Å². The van der Waals surface area contributed by atoms with E-state index in [2.05, 4.69) is 9.97 Å². The second kappa shape index (κ2) is 2.07. The third-order valence-corrected chi connectivity index (χ3v) is 1.60. The Balaban J connectivity index is 3.03. The van der Waals surface area contributed by atoms with E-state index in [9.17, 15) is 4.79 Å². The molecule has 0 bridgehead atoms. The van der Waals surface area contributed by atoms with Gasteiger partial charge < -0.3 is 10.3 Å². The van der Waals surface area contributed by atoms with Crippen molar-refractivity contribution in [2.45, 2.75) is 0 Å². The van der Waals surface area contributed by atoms with E-state index in [1.54, 1.807) is 24.0 Å². The molecule has 0 aliphatic carbocycles. The molecule has 0 saturated carbocycles. The Kier molecular flexibility index (Phi) is 1.18. The molecule has 0 unspecified atom stereocenters. The van der Waals surface area contributed by atoms with Gasteiger partial charge in [0.05, 0.1) is 0 Å². The monoisotopic (exact) mass is 165 g/mol. The zero-order valence-corrected chi connectivity index (χ0v) is 6.43. The van der Waals surface area contributed by atoms with Gasteiger partial charge in [-0.05, 0) is 0 Å². The number of hydrogen-bond acceptors (Lipinski definition) is 4. The Morgan fingerprint density at radius 2 is 2.17 bits per heavy atom. The van der Waals surface area contributed by atoms with Gasteiger partial charge in [0.15, 0.2) is 0 Å². The van der Waals surface area contributed by atoms with Crippen molar-refractivity contribution >= 4 is 11.7 Å². The van der Waals surface area contributed by atoms with E-state index in [1.807, 2.05) is 0 Å². The fraction of sp³-hybridized carbons (Fsp3) is 0.167. The Hall–Kier alpha value is -1.85. The molecule has 12 heavy (non-hydrogen) atoms. The summed E-state index contributed by atoms with van der Waals surface area (Å²) in [7, 11) is 1.78. The molecule has 0 aliphatic heterocycles. The van der Waals surface area contributed by atoms with Crippen LogP contribution in [0, 0.1) is 0 Å². The molecule has 2 aromatic heterocycles. The summed E-state index contributed by atoms with van der Waals surface area (Å²) >= 11 is 0. The van der Waals surface area contributed by atoms with Crippen molar-refractivity contribution in [3.63, 3.8) is 0 Å². The molecule has 0 amide bonds. The number of anilines is 1. The maximum Gasteiger partial charge on any atom is 0.357 e. The standard InChI is InChI=1S/C6H7N5O/c1-10-2-3-11-5(10)8-4(7)9-6(11)12/h2-3H,1H3,(H2,7,9,12). The zero-order chi connectivity index (χ0) is 8.72. The van der Waals surface area contributed by atoms with E-state index in [0.717, 1.165) is 0 Å². The van der Waals surface area contributed by atoms with Gasteiger partial charge in [0.25, 0.3) is 0 Å². The number of aromatic nitrogens is 4. The maximum atomic E-state index is 11.1. The van der Waals surface area contributed by atoms with Gasteiger partial charge in [0.1, 0.15) is 0 Å². The molecule has 6 heteroatoms. The van der Waals surface area contributed by atoms with Gasteiger partial charge in [-0.15, -0.1) is 0 Å². The smallest absolute Gasteiger partial charge is 0.357 e. The molecule has 2 N–H and O–H groups in total. The van der Waals surface area contributed by atoms with Gasteiger partial charge in [-0.3, -0.25) is 0 Å². The van der Waals surface area contributed by atoms with Gasteiger partial charge in [0, 0.05) is 19.4 Å². The van der Waals surface area contributed by atoms with Crippen molar-refractivity contribution in [2.24, 2.45) is 7.05 Å². The third-order valence-electron chi connectivity index (χ3n) is 1.60. The van der Waals surface area contributed by atoms with Gasteiger partial charge in [-0.1, -0.05) is 0 Å². The first kappa shape index (κ1) is 6.84. The highest BCUT2D eigenvalue weighted by Gasteiger charge is 2.02. The lowest BCUT2D eigenvalue weighted by molar-refractivity contribution is 0.885. The molecule has 0 spiro atoms. The maximum absolute atomic E-state index is 11.1. The largest absolute Gasteiger partial charge is 0.368 e. The van der Waals surface area contributed by atoms with Crippen LogP contribution in [0.15, 0.2) is 17.2 Å². The van der Waals surface area contributed by atoms with Crippen molar-refractivity contribution < 1.29 is 0 Å². The first-order valence-corrected chi connectivity index (χ1v) is 3.35. The fourth-order valence-corrected chi connectivity index (χ4v) is 1.03. The summed E-state index contributed by atoms with van der Waals surface area (Å²) < 4.78 is 3.02. The minimum atomic E-state index is -0.405. The predicted octanol–water partition coefficient (Wildman–Crippen LogP) is -0.990. The first-order chi connectivity index (χ1) is 5.68. The van der Waals surface area contributed by atoms with Crippen LogP contribution in [0.1, 0.15) is 0 Å². The average Bonchev–Trinajstić information content (AvgIpc) is 2.33. The van der Waals surface area contributed by atoms with Crippen LogP contribution in [-0.2, 0) is 7.05 Å². The highest BCUT2D eigenvalue weighted by Crippen LogP contribution is 1.96. The Labute approximate surface area is 67.3 Å². The Morgan fingerprint density at radius 3 is 2.92 bits per heavy atom. The normalized spacial score (nSPS) is 10.8. The molecule has 0 aromatic carbocycles. The quantitative estimate of drug-likeness (QED) is 0.543. The van der Waals surface area contributed by atoms with Gasteiger partial charge in [-0.25, -0.2) is 9.20 Å². The third kappa shape index (κ3) is 0.777. The molecule has 0 saturated heterocycles. The second-order valence-corrected chi connectivity index (χ2v) is 2.44. The highest BCUT2D eigenvalue weighted by molar-refractivity contribution is 5.33. The van der Waals surface area contributed by atoms with Crippen molar-refractivity contribution in [3.05, 3.63) is 22.9 Å². The first-order valence-electron chi connectivity index (χ1n) is 3.35. The number of nitrogens with zero attached hydrogens (tertiary/aromatic N) is 4. The lowest BCUT2D eigenvalue weighted by Gasteiger charge is -1.94. The van der Waals surface area contributed by atoms with Gasteiger partial charge in [0.2, 0.25) is 11.7 Å². The van der Waals surface area contributed by atoms with Crippen LogP contribution in [-0.4, -0.2) is 18.9 Å². The molecule has 0 fully saturated rings. The molecule has 0 atom stereocenters. The van der Waals surface area contributed by atoms with Crippen LogP contribution < -0.4 is 11.4 Å². The summed E-state index contributed by atoms with van der Waals surface area (Å²) in [6, 6.07) is 0. The van der Waals surface area contributed by atoms with Crippen molar-refractivity contribution in [3.8, 4) is 0 Å². The van der Waals surface area contributed by atoms with Crippen molar-refractivity contribution in [2.75, 3.05) is 5.73 Å². The van der Waals surface area contributed by atoms with Crippen molar-refractivity contribution in [1.29, 1.82) is 0 Å². The molecule has 2 aromatic rings. The minimum Gasteiger partial charge on any atom is -0.368 e. The van der Waals surface area contributed by atoms with Crippen LogP contribution in [0.4, 0.5) is 5.95 Å². The van der Waals surface area contributed by atoms with Gasteiger partial charge >= 0.3 is 5.69 Å². The highest BCUT2D eigenvalue weighted by atomic mass is 16.1. The number of nitrogen functional groups attached to an aromatic ring is 1. The van der Waals surface area contributed by atoms with Crippen LogP contribution >= 0.6 is 0 Å². The molecular weight excluding hydrogens is 158 g/mol. The van der Waals surface area contributed by atoms with Crippen LogP contribution in [0.3, 0.4) is 0 Å². The van der Waals surface area contributed by atoms with E-state index in [0.29, 0.717) is 5.78 Å². The average molecular weight is 165 g/mol. The number of aryl methyl sites for hydroxylation is 1. The topological polar surface area (TPSA) is 78.2 Å². The number of rotatable bonds is 0. The summed E-state index contributed by atoms with van der Waals surface area (Å²) in [4.78, 5) is 18.5. The van der Waals surface area contributed by atoms with E-state index < -0.39 is 5.69 Å². The summed E-state index contributed by atoms with van der Waals surface area (Å²) in [5, 5.41) is 0. The summed E-state index contributed by atoms with van der Waals surface area (Å²) in [6.45, 7) is 0. The number of hydrogen-bond donors (Lipinski definition) is 1. The Bertz CT molecular complexity index is 482. The summed E-state index contributed by atoms with van der Waals surface area (Å²) in [5.41, 5.74) is 4.90. The van der Waals surface area contributed by atoms with E-state index >= 15 is 0 Å². The number of imidazole rings is 1. The minimum absolute atomic E-state index is 0.00167. The predicted molar refractivity (Wildman–Crippen MR) is 42.6 cm³/mol. The summed E-state index contributed by atoms with van der Waals surface area (Å²) in [5.74, 6) is 0.495. The molecule has 0 aliphatic rings.